The zero-order valence-corrected chi connectivity index (χ0v) is 12.2. The summed E-state index contributed by atoms with van der Waals surface area (Å²) in [5, 5.41) is 5.94. The number of pyridine rings is 1. The largest absolute Gasteiger partial charge is 0.350 e. The van der Waals surface area contributed by atoms with Crippen LogP contribution in [-0.4, -0.2) is 43.4 Å². The number of hydrogen-bond acceptors (Lipinski definition) is 5. The summed E-state index contributed by atoms with van der Waals surface area (Å²) in [5.74, 6) is 0.0340. The van der Waals surface area contributed by atoms with Gasteiger partial charge >= 0.3 is 0 Å². The zero-order chi connectivity index (χ0) is 14.6. The highest BCUT2D eigenvalue weighted by Crippen LogP contribution is 2.11. The summed E-state index contributed by atoms with van der Waals surface area (Å²) in [5.41, 5.74) is 0.970. The maximum Gasteiger partial charge on any atom is 0.222 e. The van der Waals surface area contributed by atoms with Crippen LogP contribution in [0.3, 0.4) is 0 Å². The van der Waals surface area contributed by atoms with E-state index < -0.39 is 9.84 Å². The first-order valence-corrected chi connectivity index (χ1v) is 8.41. The van der Waals surface area contributed by atoms with Gasteiger partial charge in [-0.1, -0.05) is 0 Å². The summed E-state index contributed by atoms with van der Waals surface area (Å²) in [6.45, 7) is 2.30. The SMILES string of the molecule is C[C@@H](NC(=O)CC1CS(=O)(=O)CCN1)c1ccncc1. The lowest BCUT2D eigenvalue weighted by molar-refractivity contribution is -0.122. The van der Waals surface area contributed by atoms with Crippen LogP contribution in [0.2, 0.25) is 0 Å². The molecule has 1 saturated heterocycles. The van der Waals surface area contributed by atoms with Crippen LogP contribution >= 0.6 is 0 Å². The number of aromatic nitrogens is 1. The third-order valence-electron chi connectivity index (χ3n) is 3.32. The minimum Gasteiger partial charge on any atom is -0.350 e. The van der Waals surface area contributed by atoms with E-state index in [9.17, 15) is 13.2 Å². The molecular weight excluding hydrogens is 278 g/mol. The summed E-state index contributed by atoms with van der Waals surface area (Å²) in [6.07, 6.45) is 3.52. The van der Waals surface area contributed by atoms with Crippen LogP contribution in [0.5, 0.6) is 0 Å². The van der Waals surface area contributed by atoms with Crippen LogP contribution in [0.4, 0.5) is 0 Å². The van der Waals surface area contributed by atoms with Crippen molar-refractivity contribution in [2.75, 3.05) is 18.1 Å². The number of carbonyl (C=O) groups excluding carboxylic acids is 1. The first kappa shape index (κ1) is 14.9. The third kappa shape index (κ3) is 4.28. The Balaban J connectivity index is 1.86. The van der Waals surface area contributed by atoms with E-state index in [1.54, 1.807) is 12.4 Å². The monoisotopic (exact) mass is 297 g/mol. The Morgan fingerprint density at radius 2 is 2.20 bits per heavy atom. The number of nitrogens with one attached hydrogen (secondary N) is 2. The molecule has 2 atom stereocenters. The smallest absolute Gasteiger partial charge is 0.222 e. The number of carbonyl (C=O) groups is 1. The predicted molar refractivity (Wildman–Crippen MR) is 75.9 cm³/mol. The Morgan fingerprint density at radius 3 is 2.85 bits per heavy atom. The molecule has 0 aromatic carbocycles. The number of nitrogens with zero attached hydrogens (tertiary/aromatic N) is 1. The third-order valence-corrected chi connectivity index (χ3v) is 5.05. The van der Waals surface area contributed by atoms with Crippen LogP contribution in [0.25, 0.3) is 0 Å². The molecular formula is C13H19N3O3S. The van der Waals surface area contributed by atoms with E-state index in [-0.39, 0.29) is 35.9 Å². The van der Waals surface area contributed by atoms with Crippen molar-refractivity contribution in [3.8, 4) is 0 Å². The van der Waals surface area contributed by atoms with Gasteiger partial charge in [-0.3, -0.25) is 9.78 Å². The average molecular weight is 297 g/mol. The van der Waals surface area contributed by atoms with E-state index in [0.717, 1.165) is 5.56 Å². The van der Waals surface area contributed by atoms with E-state index in [4.69, 9.17) is 0 Å². The standard InChI is InChI=1S/C13H19N3O3S/c1-10(11-2-4-14-5-3-11)16-13(17)8-12-9-20(18,19)7-6-15-12/h2-5,10,12,15H,6-9H2,1H3,(H,16,17)/t10-,12?/m1/s1. The van der Waals surface area contributed by atoms with Gasteiger partial charge in [-0.05, 0) is 24.6 Å². The highest BCUT2D eigenvalue weighted by Gasteiger charge is 2.26. The summed E-state index contributed by atoms with van der Waals surface area (Å²) < 4.78 is 23.0. The minimum atomic E-state index is -3.01. The second-order valence-corrected chi connectivity index (χ2v) is 7.27. The van der Waals surface area contributed by atoms with Crippen molar-refractivity contribution < 1.29 is 13.2 Å². The minimum absolute atomic E-state index is 0.0318. The molecule has 1 aliphatic rings. The molecule has 0 bridgehead atoms. The molecule has 1 aromatic heterocycles. The molecule has 1 aliphatic heterocycles. The van der Waals surface area contributed by atoms with Gasteiger partial charge < -0.3 is 10.6 Å². The molecule has 1 fully saturated rings. The van der Waals surface area contributed by atoms with Crippen molar-refractivity contribution in [2.24, 2.45) is 0 Å². The van der Waals surface area contributed by atoms with Crippen molar-refractivity contribution in [2.45, 2.75) is 25.4 Å². The molecule has 6 nitrogen and oxygen atoms in total. The second-order valence-electron chi connectivity index (χ2n) is 5.04. The van der Waals surface area contributed by atoms with Crippen molar-refractivity contribution in [1.82, 2.24) is 15.6 Å². The highest BCUT2D eigenvalue weighted by molar-refractivity contribution is 7.91. The van der Waals surface area contributed by atoms with E-state index >= 15 is 0 Å². The first-order chi connectivity index (χ1) is 9.46. The van der Waals surface area contributed by atoms with Gasteiger partial charge in [0.2, 0.25) is 5.91 Å². The zero-order valence-electron chi connectivity index (χ0n) is 11.4. The second kappa shape index (κ2) is 6.32. The predicted octanol–water partition coefficient (Wildman–Crippen LogP) is 0.0355. The van der Waals surface area contributed by atoms with E-state index in [0.29, 0.717) is 6.54 Å². The summed E-state index contributed by atoms with van der Waals surface area (Å²) in [7, 11) is -3.01. The van der Waals surface area contributed by atoms with Crippen LogP contribution in [-0.2, 0) is 14.6 Å². The fourth-order valence-electron chi connectivity index (χ4n) is 2.26. The molecule has 2 heterocycles. The Kier molecular flexibility index (Phi) is 4.72. The van der Waals surface area contributed by atoms with Gasteiger partial charge in [0.15, 0.2) is 9.84 Å². The summed E-state index contributed by atoms with van der Waals surface area (Å²) >= 11 is 0. The van der Waals surface area contributed by atoms with Crippen molar-refractivity contribution in [3.63, 3.8) is 0 Å². The Morgan fingerprint density at radius 1 is 1.50 bits per heavy atom. The van der Waals surface area contributed by atoms with Gasteiger partial charge in [0.25, 0.3) is 0 Å². The van der Waals surface area contributed by atoms with E-state index in [1.165, 1.54) is 0 Å². The van der Waals surface area contributed by atoms with Crippen LogP contribution in [0, 0.1) is 0 Å². The molecule has 110 valence electrons. The molecule has 20 heavy (non-hydrogen) atoms. The molecule has 2 rings (SSSR count). The quantitative estimate of drug-likeness (QED) is 0.819. The van der Waals surface area contributed by atoms with Crippen molar-refractivity contribution in [1.29, 1.82) is 0 Å². The van der Waals surface area contributed by atoms with Gasteiger partial charge in [-0.2, -0.15) is 0 Å². The molecule has 7 heteroatoms. The number of amides is 1. The summed E-state index contributed by atoms with van der Waals surface area (Å²) in [4.78, 5) is 15.9. The molecule has 1 unspecified atom stereocenters. The van der Waals surface area contributed by atoms with Gasteiger partial charge in [-0.25, -0.2) is 8.42 Å². The molecule has 2 N–H and O–H groups in total. The van der Waals surface area contributed by atoms with E-state index in [2.05, 4.69) is 15.6 Å². The van der Waals surface area contributed by atoms with Gasteiger partial charge in [0.1, 0.15) is 0 Å². The van der Waals surface area contributed by atoms with Gasteiger partial charge in [0.05, 0.1) is 17.5 Å². The van der Waals surface area contributed by atoms with Crippen molar-refractivity contribution >= 4 is 15.7 Å². The number of hydrogen-bond donors (Lipinski definition) is 2. The lowest BCUT2D eigenvalue weighted by Gasteiger charge is -2.24. The number of sulfone groups is 1. The molecule has 1 aromatic rings. The van der Waals surface area contributed by atoms with Gasteiger partial charge in [-0.15, -0.1) is 0 Å². The molecule has 0 radical (unpaired) electrons. The molecule has 0 aliphatic carbocycles. The van der Waals surface area contributed by atoms with Crippen LogP contribution < -0.4 is 10.6 Å². The first-order valence-electron chi connectivity index (χ1n) is 6.59. The fourth-order valence-corrected chi connectivity index (χ4v) is 3.70. The van der Waals surface area contributed by atoms with Crippen LogP contribution in [0.1, 0.15) is 24.9 Å². The Labute approximate surface area is 118 Å². The topological polar surface area (TPSA) is 88.2 Å². The molecule has 0 saturated carbocycles. The lowest BCUT2D eigenvalue weighted by Crippen LogP contribution is -2.47. The Bertz CT molecular complexity index is 559. The van der Waals surface area contributed by atoms with Crippen LogP contribution in [0.15, 0.2) is 24.5 Å². The molecule has 0 spiro atoms. The maximum absolute atomic E-state index is 11.9. The lowest BCUT2D eigenvalue weighted by atomic mass is 10.1. The van der Waals surface area contributed by atoms with E-state index in [1.807, 2.05) is 19.1 Å². The molecule has 1 amide bonds. The Hall–Kier alpha value is -1.47. The fraction of sp³-hybridized carbons (Fsp3) is 0.538. The maximum atomic E-state index is 11.9. The average Bonchev–Trinajstić information content (AvgIpc) is 2.38. The van der Waals surface area contributed by atoms with Crippen molar-refractivity contribution in [3.05, 3.63) is 30.1 Å². The number of rotatable bonds is 4. The normalized spacial score (nSPS) is 22.9. The summed E-state index contributed by atoms with van der Waals surface area (Å²) in [6, 6.07) is 3.27. The van der Waals surface area contributed by atoms with Gasteiger partial charge in [0, 0.05) is 31.4 Å². The highest BCUT2D eigenvalue weighted by atomic mass is 32.2.